The normalized spacial score (nSPS) is 10.5. The molecule has 0 bridgehead atoms. The molecule has 2 aromatic carbocycles. The molecule has 0 atom stereocenters. The SMILES string of the molecule is O=C(NCCc1cc(F)cc(F)c1)c1cc(Cl)cc(Br)c1. The Labute approximate surface area is 134 Å². The summed E-state index contributed by atoms with van der Waals surface area (Å²) in [4.78, 5) is 11.9. The van der Waals surface area contributed by atoms with E-state index < -0.39 is 11.6 Å². The lowest BCUT2D eigenvalue weighted by Gasteiger charge is -2.07. The second-order valence-corrected chi connectivity index (χ2v) is 5.79. The van der Waals surface area contributed by atoms with Gasteiger partial charge in [0.05, 0.1) is 0 Å². The van der Waals surface area contributed by atoms with Crippen molar-refractivity contribution >= 4 is 33.4 Å². The summed E-state index contributed by atoms with van der Waals surface area (Å²) in [5, 5.41) is 3.12. The van der Waals surface area contributed by atoms with Crippen LogP contribution in [-0.2, 0) is 6.42 Å². The van der Waals surface area contributed by atoms with Crippen LogP contribution in [0.4, 0.5) is 8.78 Å². The maximum absolute atomic E-state index is 13.0. The van der Waals surface area contributed by atoms with Gasteiger partial charge in [0.25, 0.3) is 5.91 Å². The Hall–Kier alpha value is -1.46. The maximum atomic E-state index is 13.0. The molecule has 0 saturated heterocycles. The second-order valence-electron chi connectivity index (χ2n) is 4.44. The smallest absolute Gasteiger partial charge is 0.251 e. The van der Waals surface area contributed by atoms with Crippen molar-refractivity contribution in [1.82, 2.24) is 5.32 Å². The number of benzene rings is 2. The Morgan fingerprint density at radius 2 is 1.76 bits per heavy atom. The summed E-state index contributed by atoms with van der Waals surface area (Å²) in [6.45, 7) is 0.270. The molecule has 0 aliphatic rings. The van der Waals surface area contributed by atoms with Crippen LogP contribution in [0.25, 0.3) is 0 Å². The third-order valence-electron chi connectivity index (χ3n) is 2.75. The Morgan fingerprint density at radius 3 is 2.38 bits per heavy atom. The van der Waals surface area contributed by atoms with Crippen LogP contribution in [0.5, 0.6) is 0 Å². The average molecular weight is 375 g/mol. The van der Waals surface area contributed by atoms with Gasteiger partial charge >= 0.3 is 0 Å². The van der Waals surface area contributed by atoms with E-state index in [9.17, 15) is 13.6 Å². The summed E-state index contributed by atoms with van der Waals surface area (Å²) in [5.41, 5.74) is 0.903. The zero-order valence-corrected chi connectivity index (χ0v) is 13.1. The molecule has 0 aliphatic heterocycles. The van der Waals surface area contributed by atoms with E-state index in [-0.39, 0.29) is 12.5 Å². The number of carbonyl (C=O) groups excluding carboxylic acids is 1. The first-order valence-corrected chi connectivity index (χ1v) is 7.30. The lowest BCUT2D eigenvalue weighted by molar-refractivity contribution is 0.0954. The fraction of sp³-hybridized carbons (Fsp3) is 0.133. The van der Waals surface area contributed by atoms with Crippen LogP contribution in [0, 0.1) is 11.6 Å². The van der Waals surface area contributed by atoms with Gasteiger partial charge in [-0.25, -0.2) is 8.78 Å². The largest absolute Gasteiger partial charge is 0.352 e. The van der Waals surface area contributed by atoms with Crippen molar-refractivity contribution in [1.29, 1.82) is 0 Å². The summed E-state index contributed by atoms with van der Waals surface area (Å²) >= 11 is 9.12. The lowest BCUT2D eigenvalue weighted by Crippen LogP contribution is -2.25. The number of carbonyl (C=O) groups is 1. The molecule has 6 heteroatoms. The molecule has 0 aliphatic carbocycles. The van der Waals surface area contributed by atoms with Crippen molar-refractivity contribution in [3.63, 3.8) is 0 Å². The zero-order valence-electron chi connectivity index (χ0n) is 10.8. The van der Waals surface area contributed by atoms with Crippen molar-refractivity contribution in [3.05, 3.63) is 68.7 Å². The summed E-state index contributed by atoms with van der Waals surface area (Å²) in [6, 6.07) is 8.16. The van der Waals surface area contributed by atoms with E-state index in [2.05, 4.69) is 21.2 Å². The Balaban J connectivity index is 1.95. The Kier molecular flexibility index (Phi) is 5.31. The second kappa shape index (κ2) is 7.00. The minimum atomic E-state index is -0.630. The Morgan fingerprint density at radius 1 is 1.10 bits per heavy atom. The topological polar surface area (TPSA) is 29.1 Å². The van der Waals surface area contributed by atoms with Gasteiger partial charge in [-0.15, -0.1) is 0 Å². The van der Waals surface area contributed by atoms with Gasteiger partial charge in [-0.3, -0.25) is 4.79 Å². The third kappa shape index (κ3) is 4.79. The van der Waals surface area contributed by atoms with Gasteiger partial charge in [-0.05, 0) is 42.3 Å². The molecule has 0 unspecified atom stereocenters. The summed E-state index contributed by atoms with van der Waals surface area (Å²) in [6.07, 6.45) is 0.335. The molecule has 0 saturated carbocycles. The summed E-state index contributed by atoms with van der Waals surface area (Å²) in [7, 11) is 0. The molecule has 110 valence electrons. The fourth-order valence-electron chi connectivity index (χ4n) is 1.86. The van der Waals surface area contributed by atoms with Crippen LogP contribution in [0.2, 0.25) is 5.02 Å². The van der Waals surface area contributed by atoms with Crippen LogP contribution in [0.3, 0.4) is 0 Å². The minimum absolute atomic E-state index is 0.270. The molecular formula is C15H11BrClF2NO. The summed E-state index contributed by atoms with van der Waals surface area (Å²) < 4.78 is 26.7. The van der Waals surface area contributed by atoms with Gasteiger partial charge in [0.2, 0.25) is 0 Å². The van der Waals surface area contributed by atoms with Crippen LogP contribution in [0.1, 0.15) is 15.9 Å². The van der Waals surface area contributed by atoms with E-state index in [1.54, 1.807) is 18.2 Å². The summed E-state index contributed by atoms with van der Waals surface area (Å²) in [5.74, 6) is -1.56. The molecule has 1 amide bonds. The maximum Gasteiger partial charge on any atom is 0.251 e. The molecule has 0 heterocycles. The van der Waals surface area contributed by atoms with Crippen molar-refractivity contribution in [2.24, 2.45) is 0 Å². The molecule has 0 radical (unpaired) electrons. The molecular weight excluding hydrogens is 364 g/mol. The zero-order chi connectivity index (χ0) is 15.4. The molecule has 0 spiro atoms. The van der Waals surface area contributed by atoms with Gasteiger partial charge in [0.1, 0.15) is 11.6 Å². The Bertz CT molecular complexity index is 638. The van der Waals surface area contributed by atoms with E-state index in [1.165, 1.54) is 12.1 Å². The number of halogens is 4. The standard InChI is InChI=1S/C15H11BrClF2NO/c16-11-5-10(6-12(17)7-11)15(21)20-2-1-9-3-13(18)8-14(19)4-9/h3-8H,1-2H2,(H,20,21). The van der Waals surface area contributed by atoms with Crippen LogP contribution < -0.4 is 5.32 Å². The van der Waals surface area contributed by atoms with Crippen LogP contribution >= 0.6 is 27.5 Å². The first-order chi connectivity index (χ1) is 9.94. The van der Waals surface area contributed by atoms with E-state index >= 15 is 0 Å². The monoisotopic (exact) mass is 373 g/mol. The highest BCUT2D eigenvalue weighted by molar-refractivity contribution is 9.10. The van der Waals surface area contributed by atoms with Crippen molar-refractivity contribution < 1.29 is 13.6 Å². The highest BCUT2D eigenvalue weighted by Crippen LogP contribution is 2.19. The molecule has 2 aromatic rings. The predicted molar refractivity (Wildman–Crippen MR) is 81.5 cm³/mol. The molecule has 2 rings (SSSR count). The van der Waals surface area contributed by atoms with Crippen LogP contribution in [0.15, 0.2) is 40.9 Å². The minimum Gasteiger partial charge on any atom is -0.352 e. The molecule has 1 N–H and O–H groups in total. The number of amides is 1. The predicted octanol–water partition coefficient (Wildman–Crippen LogP) is 4.35. The molecule has 0 aromatic heterocycles. The first kappa shape index (κ1) is 15.9. The average Bonchev–Trinajstić information content (AvgIpc) is 2.36. The molecule has 21 heavy (non-hydrogen) atoms. The van der Waals surface area contributed by atoms with Gasteiger partial charge in [0, 0.05) is 27.7 Å². The quantitative estimate of drug-likeness (QED) is 0.847. The van der Waals surface area contributed by atoms with Gasteiger partial charge in [-0.1, -0.05) is 27.5 Å². The number of rotatable bonds is 4. The number of nitrogens with one attached hydrogen (secondary N) is 1. The van der Waals surface area contributed by atoms with Crippen LogP contribution in [-0.4, -0.2) is 12.5 Å². The van der Waals surface area contributed by atoms with E-state index in [0.29, 0.717) is 27.0 Å². The highest BCUT2D eigenvalue weighted by Gasteiger charge is 2.08. The van der Waals surface area contributed by atoms with Crippen molar-refractivity contribution in [3.8, 4) is 0 Å². The van der Waals surface area contributed by atoms with Crippen molar-refractivity contribution in [2.45, 2.75) is 6.42 Å². The molecule has 2 nitrogen and oxygen atoms in total. The van der Waals surface area contributed by atoms with E-state index in [0.717, 1.165) is 6.07 Å². The highest BCUT2D eigenvalue weighted by atomic mass is 79.9. The van der Waals surface area contributed by atoms with Gasteiger partial charge in [0.15, 0.2) is 0 Å². The fourth-order valence-corrected chi connectivity index (χ4v) is 2.72. The molecule has 0 fully saturated rings. The van der Waals surface area contributed by atoms with Gasteiger partial charge < -0.3 is 5.32 Å². The van der Waals surface area contributed by atoms with E-state index in [1.807, 2.05) is 0 Å². The van der Waals surface area contributed by atoms with E-state index in [4.69, 9.17) is 11.6 Å². The lowest BCUT2D eigenvalue weighted by atomic mass is 10.1. The number of hydrogen-bond acceptors (Lipinski definition) is 1. The van der Waals surface area contributed by atoms with Crippen molar-refractivity contribution in [2.75, 3.05) is 6.54 Å². The van der Waals surface area contributed by atoms with Gasteiger partial charge in [-0.2, -0.15) is 0 Å². The first-order valence-electron chi connectivity index (χ1n) is 6.13. The number of hydrogen-bond donors (Lipinski definition) is 1. The third-order valence-corrected chi connectivity index (χ3v) is 3.42.